The lowest BCUT2D eigenvalue weighted by Crippen LogP contribution is -2.39. The summed E-state index contributed by atoms with van der Waals surface area (Å²) < 4.78 is 0. The first-order chi connectivity index (χ1) is 12.6. The number of anilines is 1. The predicted molar refractivity (Wildman–Crippen MR) is 105 cm³/mol. The molecule has 0 spiro atoms. The number of benzene rings is 1. The third-order valence-corrected chi connectivity index (χ3v) is 5.79. The van der Waals surface area contributed by atoms with E-state index in [1.807, 2.05) is 30.0 Å². The molecule has 2 amide bonds. The second kappa shape index (κ2) is 8.67. The maximum atomic E-state index is 12.5. The normalized spacial score (nSPS) is 17.4. The van der Waals surface area contributed by atoms with Crippen molar-refractivity contribution in [3.63, 3.8) is 0 Å². The van der Waals surface area contributed by atoms with Gasteiger partial charge in [0.05, 0.1) is 0 Å². The van der Waals surface area contributed by atoms with Gasteiger partial charge in [0.1, 0.15) is 0 Å². The van der Waals surface area contributed by atoms with Crippen molar-refractivity contribution in [3.05, 3.63) is 29.3 Å². The van der Waals surface area contributed by atoms with Crippen LogP contribution in [0.1, 0.15) is 61.4 Å². The molecular weight excluding hydrogens is 326 g/mol. The number of hydrogen-bond donors (Lipinski definition) is 1. The van der Waals surface area contributed by atoms with Crippen LogP contribution < -0.4 is 10.2 Å². The maximum absolute atomic E-state index is 12.5. The van der Waals surface area contributed by atoms with Crippen molar-refractivity contribution in [2.75, 3.05) is 31.6 Å². The number of carbonyl (C=O) groups is 2. The quantitative estimate of drug-likeness (QED) is 0.851. The fraction of sp³-hybridized carbons (Fsp3) is 0.619. The summed E-state index contributed by atoms with van der Waals surface area (Å²) >= 11 is 0. The second-order valence-corrected chi connectivity index (χ2v) is 7.52. The van der Waals surface area contributed by atoms with Crippen LogP contribution in [0.15, 0.2) is 18.2 Å². The monoisotopic (exact) mass is 357 g/mol. The molecular formula is C21H31N3O2. The lowest BCUT2D eigenvalue weighted by atomic mass is 9.94. The van der Waals surface area contributed by atoms with Gasteiger partial charge in [0.25, 0.3) is 5.91 Å². The fourth-order valence-electron chi connectivity index (χ4n) is 4.15. The number of amides is 2. The molecule has 142 valence electrons. The van der Waals surface area contributed by atoms with Crippen molar-refractivity contribution >= 4 is 17.5 Å². The SMILES string of the molecule is CCC(=O)N1CCc2cc(C(=O)NCCN(C)C3CCCCC3)ccc21. The Morgan fingerprint density at radius 2 is 2.00 bits per heavy atom. The van der Waals surface area contributed by atoms with Gasteiger partial charge in [0.2, 0.25) is 5.91 Å². The molecule has 1 fully saturated rings. The van der Waals surface area contributed by atoms with E-state index in [1.165, 1.54) is 32.1 Å². The van der Waals surface area contributed by atoms with Gasteiger partial charge < -0.3 is 15.1 Å². The number of hydrogen-bond acceptors (Lipinski definition) is 3. The van der Waals surface area contributed by atoms with E-state index in [0.717, 1.165) is 30.8 Å². The minimum atomic E-state index is -0.0230. The molecule has 0 atom stereocenters. The van der Waals surface area contributed by atoms with E-state index < -0.39 is 0 Å². The fourth-order valence-corrected chi connectivity index (χ4v) is 4.15. The number of nitrogens with zero attached hydrogens (tertiary/aromatic N) is 2. The van der Waals surface area contributed by atoms with Crippen molar-refractivity contribution in [3.8, 4) is 0 Å². The highest BCUT2D eigenvalue weighted by molar-refractivity contribution is 5.98. The van der Waals surface area contributed by atoms with E-state index in [1.54, 1.807) is 0 Å². The van der Waals surface area contributed by atoms with Crippen LogP contribution in [-0.2, 0) is 11.2 Å². The third kappa shape index (κ3) is 4.26. The van der Waals surface area contributed by atoms with Gasteiger partial charge in [-0.15, -0.1) is 0 Å². The molecule has 1 heterocycles. The minimum Gasteiger partial charge on any atom is -0.351 e. The van der Waals surface area contributed by atoms with Crippen LogP contribution in [-0.4, -0.2) is 49.4 Å². The zero-order valence-corrected chi connectivity index (χ0v) is 16.1. The largest absolute Gasteiger partial charge is 0.351 e. The van der Waals surface area contributed by atoms with Crippen LogP contribution in [0.25, 0.3) is 0 Å². The van der Waals surface area contributed by atoms with E-state index in [9.17, 15) is 9.59 Å². The average molecular weight is 357 g/mol. The van der Waals surface area contributed by atoms with Crippen LogP contribution in [0.2, 0.25) is 0 Å². The van der Waals surface area contributed by atoms with Gasteiger partial charge in [-0.05, 0) is 50.1 Å². The summed E-state index contributed by atoms with van der Waals surface area (Å²) in [6.07, 6.45) is 7.91. The van der Waals surface area contributed by atoms with Gasteiger partial charge in [0, 0.05) is 43.3 Å². The van der Waals surface area contributed by atoms with Gasteiger partial charge in [-0.25, -0.2) is 0 Å². The molecule has 1 aliphatic carbocycles. The third-order valence-electron chi connectivity index (χ3n) is 5.79. The van der Waals surface area contributed by atoms with Gasteiger partial charge in [-0.2, -0.15) is 0 Å². The van der Waals surface area contributed by atoms with Gasteiger partial charge in [0.15, 0.2) is 0 Å². The van der Waals surface area contributed by atoms with Crippen LogP contribution >= 0.6 is 0 Å². The maximum Gasteiger partial charge on any atom is 0.251 e. The van der Waals surface area contributed by atoms with Gasteiger partial charge in [-0.1, -0.05) is 26.2 Å². The molecule has 1 N–H and O–H groups in total. The molecule has 3 rings (SSSR count). The Labute approximate surface area is 156 Å². The molecule has 5 heteroatoms. The Hall–Kier alpha value is -1.88. The van der Waals surface area contributed by atoms with E-state index in [-0.39, 0.29) is 11.8 Å². The molecule has 1 aromatic carbocycles. The molecule has 26 heavy (non-hydrogen) atoms. The van der Waals surface area contributed by atoms with Crippen LogP contribution in [0.5, 0.6) is 0 Å². The predicted octanol–water partition coefficient (Wildman–Crippen LogP) is 2.98. The molecule has 1 aliphatic heterocycles. The summed E-state index contributed by atoms with van der Waals surface area (Å²) in [7, 11) is 2.16. The molecule has 0 radical (unpaired) electrons. The zero-order chi connectivity index (χ0) is 18.5. The summed E-state index contributed by atoms with van der Waals surface area (Å²) in [6, 6.07) is 6.36. The first kappa shape index (κ1) is 18.9. The van der Waals surface area contributed by atoms with Crippen LogP contribution in [0.4, 0.5) is 5.69 Å². The molecule has 5 nitrogen and oxygen atoms in total. The van der Waals surface area contributed by atoms with E-state index in [4.69, 9.17) is 0 Å². The Bertz CT molecular complexity index is 653. The number of nitrogens with one attached hydrogen (secondary N) is 1. The molecule has 0 aromatic heterocycles. The highest BCUT2D eigenvalue weighted by atomic mass is 16.2. The minimum absolute atomic E-state index is 0.0230. The van der Waals surface area contributed by atoms with E-state index in [0.29, 0.717) is 24.6 Å². The number of likely N-dealkylation sites (N-methyl/N-ethyl adjacent to an activating group) is 1. The Morgan fingerprint density at radius 3 is 2.73 bits per heavy atom. The van der Waals surface area contributed by atoms with Crippen LogP contribution in [0, 0.1) is 0 Å². The number of rotatable bonds is 6. The lowest BCUT2D eigenvalue weighted by Gasteiger charge is -2.31. The Kier molecular flexibility index (Phi) is 6.30. The first-order valence-electron chi connectivity index (χ1n) is 10.0. The van der Waals surface area contributed by atoms with Crippen molar-refractivity contribution < 1.29 is 9.59 Å². The molecule has 0 bridgehead atoms. The summed E-state index contributed by atoms with van der Waals surface area (Å²) in [5.41, 5.74) is 2.75. The summed E-state index contributed by atoms with van der Waals surface area (Å²) in [5, 5.41) is 3.04. The first-order valence-corrected chi connectivity index (χ1v) is 10.0. The zero-order valence-electron chi connectivity index (χ0n) is 16.1. The van der Waals surface area contributed by atoms with Gasteiger partial charge >= 0.3 is 0 Å². The van der Waals surface area contributed by atoms with Crippen LogP contribution in [0.3, 0.4) is 0 Å². The Balaban J connectivity index is 1.52. The number of carbonyl (C=O) groups excluding carboxylic acids is 2. The number of fused-ring (bicyclic) bond motifs is 1. The molecule has 1 saturated carbocycles. The topological polar surface area (TPSA) is 52.7 Å². The van der Waals surface area contributed by atoms with E-state index in [2.05, 4.69) is 17.3 Å². The highest BCUT2D eigenvalue weighted by Crippen LogP contribution is 2.29. The smallest absolute Gasteiger partial charge is 0.251 e. The molecule has 0 saturated heterocycles. The summed E-state index contributed by atoms with van der Waals surface area (Å²) in [4.78, 5) is 28.7. The average Bonchev–Trinajstić information content (AvgIpc) is 3.11. The lowest BCUT2D eigenvalue weighted by molar-refractivity contribution is -0.118. The van der Waals surface area contributed by atoms with Crippen molar-refractivity contribution in [1.82, 2.24) is 10.2 Å². The summed E-state index contributed by atoms with van der Waals surface area (Å²) in [6.45, 7) is 4.16. The van der Waals surface area contributed by atoms with Crippen molar-refractivity contribution in [1.29, 1.82) is 0 Å². The van der Waals surface area contributed by atoms with Gasteiger partial charge in [-0.3, -0.25) is 9.59 Å². The standard InChI is InChI=1S/C21H31N3O2/c1-3-20(25)24-13-11-16-15-17(9-10-19(16)24)21(26)22-12-14-23(2)18-7-5-4-6-8-18/h9-10,15,18H,3-8,11-14H2,1-2H3,(H,22,26). The summed E-state index contributed by atoms with van der Waals surface area (Å²) in [5.74, 6) is 0.122. The van der Waals surface area contributed by atoms with Crippen molar-refractivity contribution in [2.45, 2.75) is 57.9 Å². The molecule has 1 aromatic rings. The molecule has 0 unspecified atom stereocenters. The highest BCUT2D eigenvalue weighted by Gasteiger charge is 2.24. The Morgan fingerprint density at radius 1 is 1.23 bits per heavy atom. The second-order valence-electron chi connectivity index (χ2n) is 7.52. The van der Waals surface area contributed by atoms with Crippen molar-refractivity contribution in [2.24, 2.45) is 0 Å². The van der Waals surface area contributed by atoms with E-state index >= 15 is 0 Å². The molecule has 2 aliphatic rings.